The lowest BCUT2D eigenvalue weighted by Gasteiger charge is -2.14. The van der Waals surface area contributed by atoms with Crippen LogP contribution in [-0.2, 0) is 16.1 Å². The molecule has 0 bridgehead atoms. The molecule has 0 atom stereocenters. The second-order valence-electron chi connectivity index (χ2n) is 6.89. The molecule has 1 saturated heterocycles. The second-order valence-corrected chi connectivity index (χ2v) is 9.66. The molecule has 0 radical (unpaired) electrons. The first-order valence-electron chi connectivity index (χ1n) is 9.39. The van der Waals surface area contributed by atoms with Gasteiger partial charge in [0.05, 0.1) is 15.9 Å². The van der Waals surface area contributed by atoms with Crippen molar-refractivity contribution in [1.29, 1.82) is 0 Å². The van der Waals surface area contributed by atoms with Crippen LogP contribution in [0.15, 0.2) is 68.4 Å². The van der Waals surface area contributed by atoms with Crippen molar-refractivity contribution in [3.05, 3.63) is 79.6 Å². The summed E-state index contributed by atoms with van der Waals surface area (Å²) in [5.74, 6) is -1.26. The van der Waals surface area contributed by atoms with E-state index >= 15 is 0 Å². The lowest BCUT2D eigenvalue weighted by molar-refractivity contribution is -0.139. The summed E-state index contributed by atoms with van der Waals surface area (Å²) < 4.78 is 6.62. The molecule has 0 saturated carbocycles. The predicted molar refractivity (Wildman–Crippen MR) is 130 cm³/mol. The molecule has 1 N–H and O–H groups in total. The van der Waals surface area contributed by atoms with Crippen molar-refractivity contribution in [3.8, 4) is 5.75 Å². The number of aliphatic carboxylic acids is 1. The van der Waals surface area contributed by atoms with Crippen molar-refractivity contribution in [2.24, 2.45) is 0 Å². The second kappa shape index (κ2) is 9.48. The number of carbonyl (C=O) groups excluding carboxylic acids is 2. The first kappa shape index (κ1) is 22.6. The Morgan fingerprint density at radius 3 is 2.62 bits per heavy atom. The minimum atomic E-state index is -1.12. The molecule has 4 rings (SSSR count). The molecule has 6 nitrogen and oxygen atoms in total. The third-order valence-corrected chi connectivity index (χ3v) is 6.70. The van der Waals surface area contributed by atoms with E-state index in [2.05, 4.69) is 31.9 Å². The molecule has 1 aliphatic heterocycles. The van der Waals surface area contributed by atoms with Crippen LogP contribution in [0.3, 0.4) is 0 Å². The number of rotatable bonds is 6. The highest BCUT2D eigenvalue weighted by Gasteiger charge is 2.35. The van der Waals surface area contributed by atoms with Gasteiger partial charge < -0.3 is 9.84 Å². The number of amides is 2. The number of halogens is 2. The highest BCUT2D eigenvalue weighted by molar-refractivity contribution is 9.11. The van der Waals surface area contributed by atoms with Gasteiger partial charge in [0, 0.05) is 10.0 Å². The van der Waals surface area contributed by atoms with Crippen LogP contribution in [0, 0.1) is 0 Å². The zero-order valence-electron chi connectivity index (χ0n) is 16.4. The monoisotopic (exact) mass is 575 g/mol. The third kappa shape index (κ3) is 4.74. The zero-order valence-corrected chi connectivity index (χ0v) is 20.4. The smallest absolute Gasteiger partial charge is 0.341 e. The first-order chi connectivity index (χ1) is 15.3. The van der Waals surface area contributed by atoms with Gasteiger partial charge in [0.2, 0.25) is 0 Å². The van der Waals surface area contributed by atoms with E-state index in [1.807, 2.05) is 42.5 Å². The van der Waals surface area contributed by atoms with Crippen LogP contribution in [0.25, 0.3) is 16.8 Å². The van der Waals surface area contributed by atoms with Gasteiger partial charge in [-0.2, -0.15) is 0 Å². The van der Waals surface area contributed by atoms with Gasteiger partial charge in [-0.3, -0.25) is 14.5 Å². The summed E-state index contributed by atoms with van der Waals surface area (Å²) in [5.41, 5.74) is 1.35. The minimum Gasteiger partial charge on any atom is -0.480 e. The number of nitrogens with zero attached hydrogens (tertiary/aromatic N) is 1. The van der Waals surface area contributed by atoms with E-state index in [0.717, 1.165) is 28.1 Å². The molecule has 0 aliphatic carbocycles. The summed E-state index contributed by atoms with van der Waals surface area (Å²) in [4.78, 5) is 38.1. The van der Waals surface area contributed by atoms with Crippen molar-refractivity contribution in [2.75, 3.05) is 6.61 Å². The molecule has 32 heavy (non-hydrogen) atoms. The van der Waals surface area contributed by atoms with E-state index in [1.165, 1.54) is 4.90 Å². The van der Waals surface area contributed by atoms with Crippen LogP contribution >= 0.6 is 43.6 Å². The average molecular weight is 577 g/mol. The number of hydrogen-bond donors (Lipinski definition) is 1. The number of fused-ring (bicyclic) bond motifs is 1. The highest BCUT2D eigenvalue weighted by Crippen LogP contribution is 2.39. The van der Waals surface area contributed by atoms with E-state index in [4.69, 9.17) is 9.84 Å². The number of imide groups is 1. The van der Waals surface area contributed by atoms with Crippen LogP contribution in [0.2, 0.25) is 0 Å². The average Bonchev–Trinajstić information content (AvgIpc) is 3.00. The number of ether oxygens (including phenoxy) is 1. The summed E-state index contributed by atoms with van der Waals surface area (Å²) in [5, 5.41) is 10.6. The highest BCUT2D eigenvalue weighted by atomic mass is 79.9. The van der Waals surface area contributed by atoms with Gasteiger partial charge in [0.15, 0.2) is 6.61 Å². The lowest BCUT2D eigenvalue weighted by atomic mass is 10.0. The van der Waals surface area contributed by atoms with E-state index in [0.29, 0.717) is 14.5 Å². The Labute approximate surface area is 204 Å². The Kier molecular flexibility index (Phi) is 6.68. The molecular formula is C23H15Br2NO5S. The fraction of sp³-hybridized carbons (Fsp3) is 0.0870. The maximum absolute atomic E-state index is 13.1. The van der Waals surface area contributed by atoms with Crippen LogP contribution in [-0.4, -0.2) is 33.7 Å². The molecule has 162 valence electrons. The van der Waals surface area contributed by atoms with E-state index in [9.17, 15) is 14.4 Å². The molecule has 3 aromatic carbocycles. The Bertz CT molecular complexity index is 1290. The topological polar surface area (TPSA) is 83.9 Å². The molecular weight excluding hydrogens is 562 g/mol. The Balaban J connectivity index is 1.65. The largest absolute Gasteiger partial charge is 0.480 e. The van der Waals surface area contributed by atoms with E-state index in [1.54, 1.807) is 18.2 Å². The fourth-order valence-corrected chi connectivity index (χ4v) is 5.55. The van der Waals surface area contributed by atoms with Crippen LogP contribution in [0.4, 0.5) is 4.79 Å². The van der Waals surface area contributed by atoms with Crippen LogP contribution < -0.4 is 4.74 Å². The Morgan fingerprint density at radius 1 is 1.09 bits per heavy atom. The minimum absolute atomic E-state index is 0.161. The number of benzene rings is 3. The molecule has 1 fully saturated rings. The molecule has 0 spiro atoms. The van der Waals surface area contributed by atoms with Gasteiger partial charge in [0.25, 0.3) is 11.1 Å². The molecule has 1 heterocycles. The maximum atomic E-state index is 13.1. The summed E-state index contributed by atoms with van der Waals surface area (Å²) in [6.45, 7) is -0.377. The van der Waals surface area contributed by atoms with Crippen LogP contribution in [0.1, 0.15) is 11.1 Å². The van der Waals surface area contributed by atoms with Gasteiger partial charge in [-0.25, -0.2) is 4.79 Å². The normalized spacial score (nSPS) is 15.1. The third-order valence-electron chi connectivity index (χ3n) is 4.75. The predicted octanol–water partition coefficient (Wildman–Crippen LogP) is 6.06. The van der Waals surface area contributed by atoms with Crippen LogP contribution in [0.5, 0.6) is 5.75 Å². The van der Waals surface area contributed by atoms with Crippen molar-refractivity contribution in [3.63, 3.8) is 0 Å². The molecule has 0 unspecified atom stereocenters. The summed E-state index contributed by atoms with van der Waals surface area (Å²) in [6.07, 6.45) is 1.54. The van der Waals surface area contributed by atoms with E-state index < -0.39 is 18.5 Å². The quantitative estimate of drug-likeness (QED) is 0.359. The molecule has 9 heteroatoms. The number of thioether (sulfide) groups is 1. The lowest BCUT2D eigenvalue weighted by Crippen LogP contribution is -2.27. The van der Waals surface area contributed by atoms with Gasteiger partial charge in [0.1, 0.15) is 5.75 Å². The molecule has 0 aromatic heterocycles. The molecule has 3 aromatic rings. The van der Waals surface area contributed by atoms with Gasteiger partial charge in [-0.15, -0.1) is 0 Å². The SMILES string of the molecule is O=C(O)COc1c(Br)cc(Br)cc1/C=C1\SC(=O)N(Cc2cccc3ccccc23)C1=O. The standard InChI is InChI=1S/C23H15Br2NO5S/c24-16-8-15(21(18(25)10-16)31-12-20(27)28)9-19-22(29)26(23(30)32-19)11-14-6-3-5-13-4-1-2-7-17(13)14/h1-10H,11-12H2,(H,27,28)/b19-9-. The number of carboxylic acid groups (broad SMARTS) is 1. The maximum Gasteiger partial charge on any atom is 0.341 e. The summed E-state index contributed by atoms with van der Waals surface area (Å²) >= 11 is 7.58. The number of hydrogen-bond acceptors (Lipinski definition) is 5. The van der Waals surface area contributed by atoms with Crippen molar-refractivity contribution in [2.45, 2.75) is 6.54 Å². The molecule has 1 aliphatic rings. The van der Waals surface area contributed by atoms with Gasteiger partial charge in [-0.05, 0) is 62.2 Å². The first-order valence-corrected chi connectivity index (χ1v) is 11.8. The van der Waals surface area contributed by atoms with Crippen molar-refractivity contribution >= 4 is 77.6 Å². The van der Waals surface area contributed by atoms with Gasteiger partial charge >= 0.3 is 5.97 Å². The van der Waals surface area contributed by atoms with Crippen molar-refractivity contribution in [1.82, 2.24) is 4.90 Å². The Hall–Kier alpha value is -2.62. The molecule has 2 amide bonds. The van der Waals surface area contributed by atoms with E-state index in [-0.39, 0.29) is 22.4 Å². The number of carbonyl (C=O) groups is 3. The number of carboxylic acids is 1. The Morgan fingerprint density at radius 2 is 1.84 bits per heavy atom. The fourth-order valence-electron chi connectivity index (χ4n) is 3.35. The summed E-state index contributed by atoms with van der Waals surface area (Å²) in [7, 11) is 0. The van der Waals surface area contributed by atoms with Crippen molar-refractivity contribution < 1.29 is 24.2 Å². The van der Waals surface area contributed by atoms with Gasteiger partial charge in [-0.1, -0.05) is 58.4 Å². The summed E-state index contributed by atoms with van der Waals surface area (Å²) in [6, 6.07) is 17.0. The zero-order chi connectivity index (χ0) is 22.8.